The standard InChI is InChI=1S/C6H6N4OS/c1-7-2-4-5(11)10-6(12-4)8-3-9-10/h2-3,7H,1H3/b4-2-. The van der Waals surface area contributed by atoms with Crippen molar-refractivity contribution in [1.82, 2.24) is 19.9 Å². The van der Waals surface area contributed by atoms with E-state index in [1.165, 1.54) is 22.2 Å². The number of fused-ring (bicyclic) bond motifs is 1. The molecule has 0 aliphatic rings. The van der Waals surface area contributed by atoms with E-state index in [0.717, 1.165) is 0 Å². The molecule has 6 heteroatoms. The van der Waals surface area contributed by atoms with Crippen molar-refractivity contribution in [3.05, 3.63) is 21.2 Å². The van der Waals surface area contributed by atoms with E-state index in [1.807, 2.05) is 0 Å². The minimum absolute atomic E-state index is 0.123. The van der Waals surface area contributed by atoms with Gasteiger partial charge in [-0.1, -0.05) is 11.3 Å². The van der Waals surface area contributed by atoms with E-state index < -0.39 is 0 Å². The van der Waals surface area contributed by atoms with Gasteiger partial charge >= 0.3 is 0 Å². The first-order valence-electron chi connectivity index (χ1n) is 3.33. The summed E-state index contributed by atoms with van der Waals surface area (Å²) in [6, 6.07) is 0. The van der Waals surface area contributed by atoms with Crippen molar-refractivity contribution in [2.75, 3.05) is 7.05 Å². The Morgan fingerprint density at radius 3 is 3.25 bits per heavy atom. The van der Waals surface area contributed by atoms with E-state index >= 15 is 0 Å². The number of hydrogen-bond acceptors (Lipinski definition) is 5. The molecule has 2 aromatic rings. The van der Waals surface area contributed by atoms with E-state index in [9.17, 15) is 4.79 Å². The lowest BCUT2D eigenvalue weighted by atomic mass is 10.7. The Balaban J connectivity index is 2.88. The van der Waals surface area contributed by atoms with Crippen molar-refractivity contribution < 1.29 is 0 Å². The van der Waals surface area contributed by atoms with Crippen LogP contribution in [-0.2, 0) is 0 Å². The Labute approximate surface area is 71.3 Å². The first kappa shape index (κ1) is 7.23. The fraction of sp³-hybridized carbons (Fsp3) is 0.167. The van der Waals surface area contributed by atoms with Crippen LogP contribution in [0.5, 0.6) is 0 Å². The molecular weight excluding hydrogens is 176 g/mol. The van der Waals surface area contributed by atoms with Crippen LogP contribution in [0.2, 0.25) is 0 Å². The predicted molar refractivity (Wildman–Crippen MR) is 45.9 cm³/mol. The van der Waals surface area contributed by atoms with Crippen molar-refractivity contribution in [1.29, 1.82) is 0 Å². The highest BCUT2D eigenvalue weighted by molar-refractivity contribution is 7.14. The average Bonchev–Trinajstić information content (AvgIpc) is 2.58. The maximum atomic E-state index is 11.4. The molecule has 2 rings (SSSR count). The van der Waals surface area contributed by atoms with Gasteiger partial charge in [-0.3, -0.25) is 4.79 Å². The zero-order chi connectivity index (χ0) is 8.55. The summed E-state index contributed by atoms with van der Waals surface area (Å²) >= 11 is 1.31. The normalized spacial score (nSPS) is 12.6. The Kier molecular flexibility index (Phi) is 1.54. The third-order valence-electron chi connectivity index (χ3n) is 1.40. The van der Waals surface area contributed by atoms with Crippen LogP contribution in [0.3, 0.4) is 0 Å². The number of nitrogens with zero attached hydrogens (tertiary/aromatic N) is 3. The third-order valence-corrected chi connectivity index (χ3v) is 2.37. The molecule has 0 unspecified atom stereocenters. The van der Waals surface area contributed by atoms with Crippen LogP contribution >= 0.6 is 11.3 Å². The number of rotatable bonds is 1. The van der Waals surface area contributed by atoms with Gasteiger partial charge in [0.2, 0.25) is 4.96 Å². The highest BCUT2D eigenvalue weighted by Crippen LogP contribution is 1.94. The van der Waals surface area contributed by atoms with Crippen molar-refractivity contribution in [2.45, 2.75) is 0 Å². The summed E-state index contributed by atoms with van der Waals surface area (Å²) in [7, 11) is 1.75. The topological polar surface area (TPSA) is 59.3 Å². The number of hydrogen-bond donors (Lipinski definition) is 1. The van der Waals surface area contributed by atoms with Crippen LogP contribution in [0, 0.1) is 0 Å². The lowest BCUT2D eigenvalue weighted by Crippen LogP contribution is -2.25. The summed E-state index contributed by atoms with van der Waals surface area (Å²) in [5, 5.41) is 6.57. The lowest BCUT2D eigenvalue weighted by Gasteiger charge is -1.77. The van der Waals surface area contributed by atoms with Crippen LogP contribution < -0.4 is 15.4 Å². The summed E-state index contributed by atoms with van der Waals surface area (Å²) < 4.78 is 1.90. The van der Waals surface area contributed by atoms with E-state index in [0.29, 0.717) is 9.49 Å². The van der Waals surface area contributed by atoms with Crippen LogP contribution in [-0.4, -0.2) is 21.6 Å². The molecule has 0 atom stereocenters. The van der Waals surface area contributed by atoms with Crippen molar-refractivity contribution >= 4 is 22.5 Å². The minimum Gasteiger partial charge on any atom is -0.393 e. The van der Waals surface area contributed by atoms with Gasteiger partial charge in [-0.25, -0.2) is 4.98 Å². The maximum absolute atomic E-state index is 11.4. The highest BCUT2D eigenvalue weighted by Gasteiger charge is 2.03. The molecule has 0 saturated heterocycles. The molecule has 0 aromatic carbocycles. The van der Waals surface area contributed by atoms with Gasteiger partial charge in [0.15, 0.2) is 0 Å². The Bertz CT molecular complexity index is 499. The number of thiazole rings is 1. The molecule has 5 nitrogen and oxygen atoms in total. The minimum atomic E-state index is -0.123. The van der Waals surface area contributed by atoms with Gasteiger partial charge in [-0.15, -0.1) is 0 Å². The molecule has 0 aliphatic heterocycles. The van der Waals surface area contributed by atoms with E-state index in [4.69, 9.17) is 0 Å². The zero-order valence-corrected chi connectivity index (χ0v) is 7.13. The van der Waals surface area contributed by atoms with E-state index in [2.05, 4.69) is 15.4 Å². The fourth-order valence-electron chi connectivity index (χ4n) is 0.908. The van der Waals surface area contributed by atoms with Gasteiger partial charge in [0.05, 0.1) is 0 Å². The molecule has 0 bridgehead atoms. The molecule has 62 valence electrons. The maximum Gasteiger partial charge on any atom is 0.292 e. The quantitative estimate of drug-likeness (QED) is 0.603. The Morgan fingerprint density at radius 1 is 1.75 bits per heavy atom. The molecule has 2 heterocycles. The van der Waals surface area contributed by atoms with Gasteiger partial charge in [-0.2, -0.15) is 9.61 Å². The molecule has 2 aromatic heterocycles. The molecule has 0 spiro atoms. The lowest BCUT2D eigenvalue weighted by molar-refractivity contribution is 0.930. The molecule has 0 aliphatic carbocycles. The van der Waals surface area contributed by atoms with Crippen LogP contribution in [0.15, 0.2) is 11.1 Å². The average molecular weight is 182 g/mol. The summed E-state index contributed by atoms with van der Waals surface area (Å²) in [5.74, 6) is 0. The van der Waals surface area contributed by atoms with Crippen LogP contribution in [0.1, 0.15) is 0 Å². The fourth-order valence-corrected chi connectivity index (χ4v) is 1.77. The summed E-state index contributed by atoms with van der Waals surface area (Å²) in [6.07, 6.45) is 3.01. The molecule has 12 heavy (non-hydrogen) atoms. The van der Waals surface area contributed by atoms with Crippen molar-refractivity contribution in [3.63, 3.8) is 0 Å². The second-order valence-electron chi connectivity index (χ2n) is 2.16. The first-order chi connectivity index (χ1) is 5.83. The van der Waals surface area contributed by atoms with Crippen LogP contribution in [0.4, 0.5) is 0 Å². The third kappa shape index (κ3) is 0.884. The largest absolute Gasteiger partial charge is 0.393 e. The van der Waals surface area contributed by atoms with E-state index in [1.54, 1.807) is 13.2 Å². The van der Waals surface area contributed by atoms with Crippen molar-refractivity contribution in [2.24, 2.45) is 0 Å². The van der Waals surface area contributed by atoms with Gasteiger partial charge in [-0.05, 0) is 0 Å². The monoisotopic (exact) mass is 182 g/mol. The molecule has 0 fully saturated rings. The van der Waals surface area contributed by atoms with Gasteiger partial charge in [0, 0.05) is 13.2 Å². The highest BCUT2D eigenvalue weighted by atomic mass is 32.1. The second-order valence-corrected chi connectivity index (χ2v) is 3.17. The smallest absolute Gasteiger partial charge is 0.292 e. The molecule has 1 N–H and O–H groups in total. The Morgan fingerprint density at radius 2 is 2.58 bits per heavy atom. The molecular formula is C6H6N4OS. The van der Waals surface area contributed by atoms with Crippen molar-refractivity contribution in [3.8, 4) is 0 Å². The van der Waals surface area contributed by atoms with Gasteiger partial charge in [0.1, 0.15) is 10.9 Å². The van der Waals surface area contributed by atoms with E-state index in [-0.39, 0.29) is 5.56 Å². The number of nitrogens with one attached hydrogen (secondary N) is 1. The number of aromatic nitrogens is 3. The summed E-state index contributed by atoms with van der Waals surface area (Å²) in [6.45, 7) is 0. The Hall–Kier alpha value is -1.43. The predicted octanol–water partition coefficient (Wildman–Crippen LogP) is -1.17. The van der Waals surface area contributed by atoms with Gasteiger partial charge in [0.25, 0.3) is 5.56 Å². The van der Waals surface area contributed by atoms with Crippen LogP contribution in [0.25, 0.3) is 11.2 Å². The molecule has 0 radical (unpaired) electrons. The zero-order valence-electron chi connectivity index (χ0n) is 6.31. The van der Waals surface area contributed by atoms with Gasteiger partial charge < -0.3 is 5.32 Å². The first-order valence-corrected chi connectivity index (χ1v) is 4.14. The summed E-state index contributed by atoms with van der Waals surface area (Å²) in [5.41, 5.74) is -0.123. The molecule has 0 amide bonds. The molecule has 0 saturated carbocycles. The second kappa shape index (κ2) is 2.56. The SMILES string of the molecule is CN/C=c1\sc2ncnn2c1=O. The summed E-state index contributed by atoms with van der Waals surface area (Å²) in [4.78, 5) is 15.9.